The maximum absolute atomic E-state index is 10.1. The van der Waals surface area contributed by atoms with Crippen LogP contribution in [0, 0.1) is 4.77 Å². The molecule has 6 heteroatoms. The van der Waals surface area contributed by atoms with Crippen LogP contribution in [0.3, 0.4) is 0 Å². The topological polar surface area (TPSA) is 63.1 Å². The first-order chi connectivity index (χ1) is 12.5. The van der Waals surface area contributed by atoms with Crippen LogP contribution in [-0.4, -0.2) is 27.0 Å². The number of phenols is 1. The van der Waals surface area contributed by atoms with Crippen LogP contribution in [0.25, 0.3) is 11.4 Å². The minimum Gasteiger partial charge on any atom is -0.508 e. The lowest BCUT2D eigenvalue weighted by molar-refractivity contribution is 0.185. The number of methoxy groups -OCH3 is 1. The first-order valence-corrected chi connectivity index (χ1v) is 8.95. The van der Waals surface area contributed by atoms with Crippen molar-refractivity contribution >= 4 is 12.2 Å². The number of aromatic nitrogens is 3. The number of rotatable bonds is 6. The van der Waals surface area contributed by atoms with Gasteiger partial charge in [-0.3, -0.25) is 9.67 Å². The number of hydrogen-bond donors (Lipinski definition) is 2. The molecule has 26 heavy (non-hydrogen) atoms. The zero-order chi connectivity index (χ0) is 18.7. The van der Waals surface area contributed by atoms with Gasteiger partial charge in [-0.1, -0.05) is 38.1 Å². The molecule has 0 radical (unpaired) electrons. The van der Waals surface area contributed by atoms with Gasteiger partial charge in [0.25, 0.3) is 0 Å². The van der Waals surface area contributed by atoms with Crippen molar-refractivity contribution in [3.8, 4) is 17.1 Å². The van der Waals surface area contributed by atoms with Crippen LogP contribution in [0.4, 0.5) is 0 Å². The van der Waals surface area contributed by atoms with Gasteiger partial charge in [0.2, 0.25) is 0 Å². The molecule has 0 saturated heterocycles. The summed E-state index contributed by atoms with van der Waals surface area (Å²) in [5, 5.41) is 17.4. The SMILES string of the molecule is COCc1ccc(Cn2c(-c3ccc(O)c(C(C)C)c3)n[nH]c2=S)cc1. The fourth-order valence-corrected chi connectivity index (χ4v) is 3.13. The summed E-state index contributed by atoms with van der Waals surface area (Å²) in [7, 11) is 1.69. The van der Waals surface area contributed by atoms with Crippen molar-refractivity contribution in [2.75, 3.05) is 7.11 Å². The summed E-state index contributed by atoms with van der Waals surface area (Å²) in [6.07, 6.45) is 0. The van der Waals surface area contributed by atoms with Crippen LogP contribution in [0.2, 0.25) is 0 Å². The third-order valence-electron chi connectivity index (χ3n) is 4.34. The van der Waals surface area contributed by atoms with E-state index < -0.39 is 0 Å². The lowest BCUT2D eigenvalue weighted by Gasteiger charge is -2.12. The molecule has 0 spiro atoms. The van der Waals surface area contributed by atoms with Gasteiger partial charge >= 0.3 is 0 Å². The Kier molecular flexibility index (Phi) is 5.54. The first-order valence-electron chi connectivity index (χ1n) is 8.55. The molecule has 0 aliphatic rings. The highest BCUT2D eigenvalue weighted by atomic mass is 32.1. The Labute approximate surface area is 158 Å². The van der Waals surface area contributed by atoms with E-state index >= 15 is 0 Å². The molecule has 1 aromatic heterocycles. The van der Waals surface area contributed by atoms with Gasteiger partial charge in [-0.25, -0.2) is 0 Å². The van der Waals surface area contributed by atoms with Crippen molar-refractivity contribution in [3.05, 3.63) is 63.9 Å². The summed E-state index contributed by atoms with van der Waals surface area (Å²) in [6, 6.07) is 13.8. The molecule has 2 aromatic carbocycles. The summed E-state index contributed by atoms with van der Waals surface area (Å²) >= 11 is 5.43. The fraction of sp³-hybridized carbons (Fsp3) is 0.300. The molecule has 0 bridgehead atoms. The second kappa shape index (κ2) is 7.85. The van der Waals surface area contributed by atoms with E-state index in [1.807, 2.05) is 16.7 Å². The van der Waals surface area contributed by atoms with E-state index in [1.54, 1.807) is 13.2 Å². The Hall–Kier alpha value is -2.44. The summed E-state index contributed by atoms with van der Waals surface area (Å²) in [5.41, 5.74) is 4.08. The van der Waals surface area contributed by atoms with Gasteiger partial charge in [-0.15, -0.1) is 0 Å². The van der Waals surface area contributed by atoms with Gasteiger partial charge < -0.3 is 9.84 Å². The second-order valence-electron chi connectivity index (χ2n) is 6.62. The van der Waals surface area contributed by atoms with E-state index in [0.29, 0.717) is 23.7 Å². The van der Waals surface area contributed by atoms with Crippen LogP contribution < -0.4 is 0 Å². The monoisotopic (exact) mass is 369 g/mol. The molecule has 0 amide bonds. The van der Waals surface area contributed by atoms with Crippen LogP contribution in [0.5, 0.6) is 5.75 Å². The Morgan fingerprint density at radius 1 is 1.15 bits per heavy atom. The number of nitrogens with one attached hydrogen (secondary N) is 1. The quantitative estimate of drug-likeness (QED) is 0.622. The van der Waals surface area contributed by atoms with E-state index in [9.17, 15) is 5.11 Å². The number of H-pyrrole nitrogens is 1. The predicted octanol–water partition coefficient (Wildman–Crippen LogP) is 4.63. The van der Waals surface area contributed by atoms with Crippen LogP contribution >= 0.6 is 12.2 Å². The third kappa shape index (κ3) is 3.86. The highest BCUT2D eigenvalue weighted by Gasteiger charge is 2.13. The molecule has 0 unspecified atom stereocenters. The summed E-state index contributed by atoms with van der Waals surface area (Å²) in [6.45, 7) is 5.33. The van der Waals surface area contributed by atoms with E-state index in [1.165, 1.54) is 0 Å². The zero-order valence-electron chi connectivity index (χ0n) is 15.2. The average Bonchev–Trinajstić information content (AvgIpc) is 2.98. The third-order valence-corrected chi connectivity index (χ3v) is 4.65. The molecule has 0 fully saturated rings. The number of hydrogen-bond acceptors (Lipinski definition) is 4. The van der Waals surface area contributed by atoms with Crippen LogP contribution in [0.15, 0.2) is 42.5 Å². The molecule has 0 saturated carbocycles. The average molecular weight is 369 g/mol. The van der Waals surface area contributed by atoms with Gasteiger partial charge in [0.15, 0.2) is 10.6 Å². The molecule has 2 N–H and O–H groups in total. The number of benzene rings is 2. The number of aromatic hydroxyl groups is 1. The molecule has 1 heterocycles. The molecule has 136 valence electrons. The van der Waals surface area contributed by atoms with Crippen LogP contribution in [-0.2, 0) is 17.9 Å². The molecular weight excluding hydrogens is 346 g/mol. The molecule has 0 aliphatic carbocycles. The number of aromatic amines is 1. The standard InChI is InChI=1S/C20H23N3O2S/c1-13(2)17-10-16(8-9-18(17)24)19-21-22-20(26)23(19)11-14-4-6-15(7-5-14)12-25-3/h4-10,13,24H,11-12H2,1-3H3,(H,22,26). The lowest BCUT2D eigenvalue weighted by Crippen LogP contribution is -2.03. The largest absolute Gasteiger partial charge is 0.508 e. The number of ether oxygens (including phenoxy) is 1. The highest BCUT2D eigenvalue weighted by molar-refractivity contribution is 7.71. The molecule has 5 nitrogen and oxygen atoms in total. The maximum Gasteiger partial charge on any atom is 0.195 e. The van der Waals surface area contributed by atoms with Crippen molar-refractivity contribution < 1.29 is 9.84 Å². The molecule has 0 aliphatic heterocycles. The van der Waals surface area contributed by atoms with Crippen molar-refractivity contribution in [3.63, 3.8) is 0 Å². The van der Waals surface area contributed by atoms with Crippen molar-refractivity contribution in [1.29, 1.82) is 0 Å². The van der Waals surface area contributed by atoms with Gasteiger partial charge in [0.1, 0.15) is 5.75 Å². The molecular formula is C20H23N3O2S. The van der Waals surface area contributed by atoms with E-state index in [-0.39, 0.29) is 5.92 Å². The van der Waals surface area contributed by atoms with E-state index in [4.69, 9.17) is 17.0 Å². The van der Waals surface area contributed by atoms with Gasteiger partial charge in [0, 0.05) is 12.7 Å². The van der Waals surface area contributed by atoms with Crippen molar-refractivity contribution in [1.82, 2.24) is 14.8 Å². The minimum absolute atomic E-state index is 0.221. The summed E-state index contributed by atoms with van der Waals surface area (Å²) in [4.78, 5) is 0. The Morgan fingerprint density at radius 3 is 2.50 bits per heavy atom. The van der Waals surface area contributed by atoms with Gasteiger partial charge in [0.05, 0.1) is 13.2 Å². The Bertz CT molecular complexity index is 942. The van der Waals surface area contributed by atoms with Crippen molar-refractivity contribution in [2.45, 2.75) is 32.9 Å². The number of phenolic OH excluding ortho intramolecular Hbond substituents is 1. The fourth-order valence-electron chi connectivity index (χ4n) is 2.93. The normalized spacial score (nSPS) is 11.2. The van der Waals surface area contributed by atoms with E-state index in [0.717, 1.165) is 28.1 Å². The number of nitrogens with zero attached hydrogens (tertiary/aromatic N) is 2. The van der Waals surface area contributed by atoms with Gasteiger partial charge in [-0.05, 0) is 53.0 Å². The van der Waals surface area contributed by atoms with Crippen molar-refractivity contribution in [2.24, 2.45) is 0 Å². The highest BCUT2D eigenvalue weighted by Crippen LogP contribution is 2.30. The maximum atomic E-state index is 10.1. The summed E-state index contributed by atoms with van der Waals surface area (Å²) in [5.74, 6) is 1.29. The zero-order valence-corrected chi connectivity index (χ0v) is 16.0. The second-order valence-corrected chi connectivity index (χ2v) is 7.00. The molecule has 3 aromatic rings. The Morgan fingerprint density at radius 2 is 1.85 bits per heavy atom. The summed E-state index contributed by atoms with van der Waals surface area (Å²) < 4.78 is 7.69. The van der Waals surface area contributed by atoms with E-state index in [2.05, 4.69) is 48.3 Å². The predicted molar refractivity (Wildman–Crippen MR) is 105 cm³/mol. The molecule has 0 atom stereocenters. The first kappa shape index (κ1) is 18.4. The van der Waals surface area contributed by atoms with Crippen LogP contribution in [0.1, 0.15) is 36.5 Å². The lowest BCUT2D eigenvalue weighted by atomic mass is 9.99. The van der Waals surface area contributed by atoms with Gasteiger partial charge in [-0.2, -0.15) is 5.10 Å². The Balaban J connectivity index is 1.94. The minimum atomic E-state index is 0.221. The molecule has 3 rings (SSSR count). The smallest absolute Gasteiger partial charge is 0.195 e.